The van der Waals surface area contributed by atoms with E-state index in [1.807, 2.05) is 23.1 Å². The summed E-state index contributed by atoms with van der Waals surface area (Å²) in [7, 11) is 3.28. The smallest absolute Gasteiger partial charge is 0.317 e. The van der Waals surface area contributed by atoms with Gasteiger partial charge in [0.1, 0.15) is 0 Å². The quantitative estimate of drug-likeness (QED) is 0.909. The number of methoxy groups -OCH3 is 2. The third kappa shape index (κ3) is 2.85. The van der Waals surface area contributed by atoms with Crippen molar-refractivity contribution in [2.75, 3.05) is 27.3 Å². The molecule has 1 aromatic rings. The Morgan fingerprint density at radius 1 is 1.23 bits per heavy atom. The van der Waals surface area contributed by atoms with Crippen LogP contribution in [0, 0.1) is 5.92 Å². The van der Waals surface area contributed by atoms with Crippen molar-refractivity contribution in [2.24, 2.45) is 5.92 Å². The van der Waals surface area contributed by atoms with Crippen LogP contribution >= 0.6 is 0 Å². The molecule has 2 amide bonds. The van der Waals surface area contributed by atoms with Gasteiger partial charge in [0.2, 0.25) is 0 Å². The van der Waals surface area contributed by atoms with Crippen LogP contribution in [-0.2, 0) is 6.42 Å². The summed E-state index contributed by atoms with van der Waals surface area (Å²) in [6, 6.07) is 6.46. The van der Waals surface area contributed by atoms with Crippen LogP contribution in [-0.4, -0.2) is 44.3 Å². The summed E-state index contributed by atoms with van der Waals surface area (Å²) in [5.41, 5.74) is 1.16. The lowest BCUT2D eigenvalue weighted by atomic mass is 9.99. The number of nitrogens with zero attached hydrogens (tertiary/aromatic N) is 1. The van der Waals surface area contributed by atoms with E-state index < -0.39 is 0 Å². The second-order valence-electron chi connectivity index (χ2n) is 6.08. The first-order valence-electron chi connectivity index (χ1n) is 7.98. The SMILES string of the molecule is COc1ccc(CCN2C(=O)NC[C@@H]3CCC[C@H]32)cc1OC. The van der Waals surface area contributed by atoms with Gasteiger partial charge in [0.15, 0.2) is 11.5 Å². The zero-order chi connectivity index (χ0) is 15.5. The van der Waals surface area contributed by atoms with Gasteiger partial charge in [-0.1, -0.05) is 12.5 Å². The average molecular weight is 304 g/mol. The molecular weight excluding hydrogens is 280 g/mol. The van der Waals surface area contributed by atoms with Crippen molar-refractivity contribution in [2.45, 2.75) is 31.7 Å². The van der Waals surface area contributed by atoms with Crippen molar-refractivity contribution in [1.82, 2.24) is 10.2 Å². The van der Waals surface area contributed by atoms with E-state index in [2.05, 4.69) is 5.32 Å². The van der Waals surface area contributed by atoms with Gasteiger partial charge in [0.05, 0.1) is 14.2 Å². The van der Waals surface area contributed by atoms with Crippen LogP contribution in [0.5, 0.6) is 11.5 Å². The number of hydrogen-bond acceptors (Lipinski definition) is 3. The van der Waals surface area contributed by atoms with Crippen molar-refractivity contribution >= 4 is 6.03 Å². The van der Waals surface area contributed by atoms with Crippen molar-refractivity contribution in [1.29, 1.82) is 0 Å². The lowest BCUT2D eigenvalue weighted by Crippen LogP contribution is -2.55. The minimum absolute atomic E-state index is 0.0867. The van der Waals surface area contributed by atoms with Crippen molar-refractivity contribution in [3.63, 3.8) is 0 Å². The Kier molecular flexibility index (Phi) is 4.41. The first-order chi connectivity index (χ1) is 10.7. The van der Waals surface area contributed by atoms with Crippen molar-refractivity contribution < 1.29 is 14.3 Å². The minimum atomic E-state index is 0.0867. The Labute approximate surface area is 131 Å². The molecule has 120 valence electrons. The summed E-state index contributed by atoms with van der Waals surface area (Å²) in [4.78, 5) is 14.2. The second kappa shape index (κ2) is 6.46. The fraction of sp³-hybridized carbons (Fsp3) is 0.588. The lowest BCUT2D eigenvalue weighted by Gasteiger charge is -2.38. The van der Waals surface area contributed by atoms with E-state index in [9.17, 15) is 4.79 Å². The van der Waals surface area contributed by atoms with Gasteiger partial charge in [-0.05, 0) is 42.9 Å². The number of rotatable bonds is 5. The fourth-order valence-electron chi connectivity index (χ4n) is 3.69. The molecule has 5 heteroatoms. The molecule has 1 aliphatic carbocycles. The topological polar surface area (TPSA) is 50.8 Å². The molecule has 1 saturated heterocycles. The highest BCUT2D eigenvalue weighted by atomic mass is 16.5. The molecule has 1 N–H and O–H groups in total. The zero-order valence-corrected chi connectivity index (χ0v) is 13.3. The molecule has 0 aromatic heterocycles. The molecule has 1 heterocycles. The predicted octanol–water partition coefficient (Wildman–Crippen LogP) is 2.44. The highest BCUT2D eigenvalue weighted by Crippen LogP contribution is 2.32. The van der Waals surface area contributed by atoms with Crippen LogP contribution in [0.1, 0.15) is 24.8 Å². The Balaban J connectivity index is 1.67. The number of carbonyl (C=O) groups excluding carboxylic acids is 1. The van der Waals surface area contributed by atoms with Gasteiger partial charge in [-0.3, -0.25) is 0 Å². The van der Waals surface area contributed by atoms with E-state index >= 15 is 0 Å². The highest BCUT2D eigenvalue weighted by Gasteiger charge is 2.38. The standard InChI is InChI=1S/C17H24N2O3/c1-21-15-7-6-12(10-16(15)22-2)8-9-19-14-5-3-4-13(14)11-18-17(19)20/h6-7,10,13-14H,3-5,8-9,11H2,1-2H3,(H,18,20)/t13-,14+/m0/s1. The van der Waals surface area contributed by atoms with Crippen LogP contribution in [0.25, 0.3) is 0 Å². The largest absolute Gasteiger partial charge is 0.493 e. The lowest BCUT2D eigenvalue weighted by molar-refractivity contribution is 0.135. The monoisotopic (exact) mass is 304 g/mol. The molecule has 0 unspecified atom stereocenters. The van der Waals surface area contributed by atoms with Crippen LogP contribution < -0.4 is 14.8 Å². The number of nitrogens with one attached hydrogen (secondary N) is 1. The maximum atomic E-state index is 12.2. The minimum Gasteiger partial charge on any atom is -0.493 e. The van der Waals surface area contributed by atoms with Crippen molar-refractivity contribution in [3.8, 4) is 11.5 Å². The number of urea groups is 1. The summed E-state index contributed by atoms with van der Waals surface area (Å²) in [5.74, 6) is 2.10. The second-order valence-corrected chi connectivity index (χ2v) is 6.08. The first kappa shape index (κ1) is 15.0. The number of ether oxygens (including phenoxy) is 2. The summed E-state index contributed by atoms with van der Waals surface area (Å²) >= 11 is 0. The van der Waals surface area contributed by atoms with E-state index in [0.29, 0.717) is 12.0 Å². The van der Waals surface area contributed by atoms with Gasteiger partial charge in [0, 0.05) is 19.1 Å². The van der Waals surface area contributed by atoms with Gasteiger partial charge in [-0.15, -0.1) is 0 Å². The molecule has 0 spiro atoms. The summed E-state index contributed by atoms with van der Waals surface area (Å²) < 4.78 is 10.6. The highest BCUT2D eigenvalue weighted by molar-refractivity contribution is 5.75. The number of hydrogen-bond donors (Lipinski definition) is 1. The normalized spacial score (nSPS) is 23.9. The Bertz CT molecular complexity index is 547. The van der Waals surface area contributed by atoms with Gasteiger partial charge in [0.25, 0.3) is 0 Å². The van der Waals surface area contributed by atoms with Crippen LogP contribution in [0.2, 0.25) is 0 Å². The number of benzene rings is 1. The molecule has 1 saturated carbocycles. The number of fused-ring (bicyclic) bond motifs is 1. The van der Waals surface area contributed by atoms with Gasteiger partial charge in [-0.2, -0.15) is 0 Å². The average Bonchev–Trinajstić information content (AvgIpc) is 3.02. The summed E-state index contributed by atoms with van der Waals surface area (Å²) in [6.45, 7) is 1.60. The third-order valence-corrected chi connectivity index (χ3v) is 4.88. The molecular formula is C17H24N2O3. The summed E-state index contributed by atoms with van der Waals surface area (Å²) in [6.07, 6.45) is 4.44. The van der Waals surface area contributed by atoms with E-state index in [4.69, 9.17) is 9.47 Å². The fourth-order valence-corrected chi connectivity index (χ4v) is 3.69. The van der Waals surface area contributed by atoms with E-state index in [1.54, 1.807) is 14.2 Å². The van der Waals surface area contributed by atoms with Gasteiger partial charge < -0.3 is 19.7 Å². The number of carbonyl (C=O) groups is 1. The van der Waals surface area contributed by atoms with E-state index in [1.165, 1.54) is 12.8 Å². The summed E-state index contributed by atoms with van der Waals surface area (Å²) in [5, 5.41) is 3.02. The Hall–Kier alpha value is -1.91. The number of amides is 2. The van der Waals surface area contributed by atoms with Gasteiger partial charge in [-0.25, -0.2) is 4.79 Å². The Morgan fingerprint density at radius 2 is 2.05 bits per heavy atom. The molecule has 5 nitrogen and oxygen atoms in total. The van der Waals surface area contributed by atoms with E-state index in [-0.39, 0.29) is 6.03 Å². The maximum absolute atomic E-state index is 12.2. The Morgan fingerprint density at radius 3 is 2.82 bits per heavy atom. The van der Waals surface area contributed by atoms with Crippen LogP contribution in [0.15, 0.2) is 18.2 Å². The molecule has 1 aliphatic heterocycles. The van der Waals surface area contributed by atoms with Gasteiger partial charge >= 0.3 is 6.03 Å². The van der Waals surface area contributed by atoms with Crippen molar-refractivity contribution in [3.05, 3.63) is 23.8 Å². The predicted molar refractivity (Wildman–Crippen MR) is 84.5 cm³/mol. The maximum Gasteiger partial charge on any atom is 0.317 e. The molecule has 3 rings (SSSR count). The van der Waals surface area contributed by atoms with Crippen LogP contribution in [0.3, 0.4) is 0 Å². The first-order valence-corrected chi connectivity index (χ1v) is 7.98. The molecule has 2 fully saturated rings. The molecule has 2 atom stereocenters. The molecule has 0 bridgehead atoms. The molecule has 1 aromatic carbocycles. The van der Waals surface area contributed by atoms with E-state index in [0.717, 1.165) is 43.0 Å². The molecule has 22 heavy (non-hydrogen) atoms. The molecule has 0 radical (unpaired) electrons. The van der Waals surface area contributed by atoms with Crippen LogP contribution in [0.4, 0.5) is 4.79 Å². The zero-order valence-electron chi connectivity index (χ0n) is 13.3. The molecule has 2 aliphatic rings. The third-order valence-electron chi connectivity index (χ3n) is 4.88.